The van der Waals surface area contributed by atoms with Crippen molar-refractivity contribution >= 4 is 27.5 Å². The summed E-state index contributed by atoms with van der Waals surface area (Å²) in [5, 5.41) is 13.1. The van der Waals surface area contributed by atoms with Crippen molar-refractivity contribution < 1.29 is 13.5 Å². The lowest BCUT2D eigenvalue weighted by Crippen LogP contribution is -2.36. The molecule has 0 aliphatic heterocycles. The normalized spacial score (nSPS) is 14.8. The molecule has 0 aromatic heterocycles. The van der Waals surface area contributed by atoms with Gasteiger partial charge in [0.2, 0.25) is 10.0 Å². The molecule has 1 aromatic carbocycles. The number of benzene rings is 1. The maximum atomic E-state index is 12.1. The molecule has 0 aliphatic carbocycles. The monoisotopic (exact) mass is 318 g/mol. The Morgan fingerprint density at radius 3 is 2.60 bits per heavy atom. The van der Waals surface area contributed by atoms with Crippen LogP contribution in [0.3, 0.4) is 0 Å². The minimum absolute atomic E-state index is 0.196. The first-order valence-corrected chi connectivity index (χ1v) is 9.24. The lowest BCUT2D eigenvalue weighted by atomic mass is 10.1. The van der Waals surface area contributed by atoms with Gasteiger partial charge in [0.05, 0.1) is 11.3 Å². The Kier molecular flexibility index (Phi) is 6.32. The lowest BCUT2D eigenvalue weighted by molar-refractivity contribution is 0.0996. The minimum atomic E-state index is -3.52. The maximum absolute atomic E-state index is 12.1. The van der Waals surface area contributed by atoms with E-state index < -0.39 is 15.6 Å². The molecule has 0 fully saturated rings. The number of anilines is 1. The molecular weight excluding hydrogens is 296 g/mol. The number of hydrogen-bond donors (Lipinski definition) is 3. The fraction of sp³-hybridized carbons (Fsp3) is 0.538. The largest absolute Gasteiger partial charge is 0.387 e. The van der Waals surface area contributed by atoms with Gasteiger partial charge in [-0.2, -0.15) is 11.8 Å². The van der Waals surface area contributed by atoms with Crippen molar-refractivity contribution in [3.05, 3.63) is 24.3 Å². The Bertz CT molecular complexity index is 530. The molecule has 0 aliphatic rings. The van der Waals surface area contributed by atoms with Gasteiger partial charge in [-0.25, -0.2) is 13.1 Å². The Balaban J connectivity index is 2.92. The fourth-order valence-corrected chi connectivity index (χ4v) is 3.71. The Morgan fingerprint density at radius 2 is 2.00 bits per heavy atom. The third-order valence-electron chi connectivity index (χ3n) is 2.63. The van der Waals surface area contributed by atoms with Crippen LogP contribution in [0.4, 0.5) is 5.69 Å². The van der Waals surface area contributed by atoms with Crippen LogP contribution in [0, 0.1) is 0 Å². The van der Waals surface area contributed by atoms with Crippen LogP contribution < -0.4 is 10.0 Å². The van der Waals surface area contributed by atoms with Crippen LogP contribution in [0.1, 0.15) is 13.8 Å². The van der Waals surface area contributed by atoms with E-state index in [0.29, 0.717) is 18.0 Å². The van der Waals surface area contributed by atoms with Crippen molar-refractivity contribution in [1.82, 2.24) is 4.72 Å². The number of thioether (sulfide) groups is 1. The Hall–Kier alpha value is -0.760. The summed E-state index contributed by atoms with van der Waals surface area (Å²) >= 11 is 1.54. The molecular formula is C13H22N2O3S2. The molecule has 0 radical (unpaired) electrons. The molecule has 5 nitrogen and oxygen atoms in total. The van der Waals surface area contributed by atoms with E-state index in [2.05, 4.69) is 10.0 Å². The molecule has 0 amide bonds. The second-order valence-electron chi connectivity index (χ2n) is 4.78. The number of hydrogen-bond acceptors (Lipinski definition) is 5. The van der Waals surface area contributed by atoms with Crippen molar-refractivity contribution in [1.29, 1.82) is 0 Å². The van der Waals surface area contributed by atoms with E-state index in [0.717, 1.165) is 0 Å². The van der Waals surface area contributed by atoms with Crippen LogP contribution in [0.25, 0.3) is 0 Å². The summed E-state index contributed by atoms with van der Waals surface area (Å²) in [5.74, 6) is 0.572. The highest BCUT2D eigenvalue weighted by Gasteiger charge is 2.22. The van der Waals surface area contributed by atoms with Crippen LogP contribution in [0.15, 0.2) is 29.2 Å². The zero-order chi connectivity index (χ0) is 15.2. The Morgan fingerprint density at radius 1 is 1.35 bits per heavy atom. The quantitative estimate of drug-likeness (QED) is 0.677. The number of sulfonamides is 1. The van der Waals surface area contributed by atoms with Crippen LogP contribution in [-0.4, -0.2) is 44.2 Å². The van der Waals surface area contributed by atoms with Gasteiger partial charge in [-0.05, 0) is 25.3 Å². The molecule has 1 rings (SSSR count). The average Bonchev–Trinajstić information content (AvgIpc) is 2.37. The topological polar surface area (TPSA) is 78.4 Å². The summed E-state index contributed by atoms with van der Waals surface area (Å²) < 4.78 is 26.6. The van der Waals surface area contributed by atoms with Crippen molar-refractivity contribution in [3.63, 3.8) is 0 Å². The van der Waals surface area contributed by atoms with E-state index >= 15 is 0 Å². The van der Waals surface area contributed by atoms with Gasteiger partial charge in [-0.3, -0.25) is 0 Å². The SMILES string of the molecule is CCNS(=O)(=O)c1ccccc1NCC(C)(O)CSC. The molecule has 0 saturated carbocycles. The van der Waals surface area contributed by atoms with E-state index in [1.165, 1.54) is 0 Å². The standard InChI is InChI=1S/C13H22N2O3S2/c1-4-15-20(17,18)12-8-6-5-7-11(12)14-9-13(2,16)10-19-3/h5-8,14-16H,4,9-10H2,1-3H3. The van der Waals surface area contributed by atoms with E-state index in [4.69, 9.17) is 0 Å². The predicted octanol–water partition coefficient (Wildman–Crippen LogP) is 1.51. The number of aliphatic hydroxyl groups is 1. The van der Waals surface area contributed by atoms with E-state index in [1.807, 2.05) is 6.26 Å². The summed E-state index contributed by atoms with van der Waals surface area (Å²) in [6.07, 6.45) is 1.91. The highest BCUT2D eigenvalue weighted by molar-refractivity contribution is 7.98. The zero-order valence-corrected chi connectivity index (χ0v) is 13.6. The number of rotatable bonds is 8. The van der Waals surface area contributed by atoms with E-state index in [9.17, 15) is 13.5 Å². The molecule has 3 N–H and O–H groups in total. The molecule has 1 unspecified atom stereocenters. The van der Waals surface area contributed by atoms with E-state index in [-0.39, 0.29) is 11.4 Å². The highest BCUT2D eigenvalue weighted by Crippen LogP contribution is 2.22. The third-order valence-corrected chi connectivity index (χ3v) is 5.14. The predicted molar refractivity (Wildman–Crippen MR) is 84.8 cm³/mol. The molecule has 20 heavy (non-hydrogen) atoms. The summed E-state index contributed by atoms with van der Waals surface area (Å²) in [6, 6.07) is 6.68. The molecule has 0 heterocycles. The maximum Gasteiger partial charge on any atom is 0.242 e. The van der Waals surface area contributed by atoms with E-state index in [1.54, 1.807) is 49.9 Å². The average molecular weight is 318 g/mol. The molecule has 1 aromatic rings. The van der Waals surface area contributed by atoms with Crippen LogP contribution in [0.2, 0.25) is 0 Å². The van der Waals surface area contributed by atoms with Crippen LogP contribution in [-0.2, 0) is 10.0 Å². The Labute approximate surface area is 125 Å². The highest BCUT2D eigenvalue weighted by atomic mass is 32.2. The van der Waals surface area contributed by atoms with Gasteiger partial charge in [-0.1, -0.05) is 19.1 Å². The summed E-state index contributed by atoms with van der Waals surface area (Å²) in [7, 11) is -3.52. The first-order chi connectivity index (χ1) is 9.32. The third kappa shape index (κ3) is 4.97. The van der Waals surface area contributed by atoms with Gasteiger partial charge in [0.1, 0.15) is 4.90 Å². The first-order valence-electron chi connectivity index (χ1n) is 6.36. The van der Waals surface area contributed by atoms with Crippen molar-refractivity contribution in [2.24, 2.45) is 0 Å². The summed E-state index contributed by atoms with van der Waals surface area (Å²) in [4.78, 5) is 0.196. The molecule has 7 heteroatoms. The number of nitrogens with one attached hydrogen (secondary N) is 2. The molecule has 0 spiro atoms. The van der Waals surface area contributed by atoms with Crippen LogP contribution >= 0.6 is 11.8 Å². The summed E-state index contributed by atoms with van der Waals surface area (Å²) in [6.45, 7) is 4.07. The van der Waals surface area contributed by atoms with Crippen molar-refractivity contribution in [2.45, 2.75) is 24.3 Å². The first kappa shape index (κ1) is 17.3. The van der Waals surface area contributed by atoms with Gasteiger partial charge >= 0.3 is 0 Å². The van der Waals surface area contributed by atoms with Crippen molar-refractivity contribution in [2.75, 3.05) is 30.4 Å². The fourth-order valence-electron chi connectivity index (χ4n) is 1.76. The molecule has 1 atom stereocenters. The second kappa shape index (κ2) is 7.31. The van der Waals surface area contributed by atoms with Gasteiger partial charge < -0.3 is 10.4 Å². The number of para-hydroxylation sites is 1. The summed E-state index contributed by atoms with van der Waals surface area (Å²) in [5.41, 5.74) is -0.399. The second-order valence-corrected chi connectivity index (χ2v) is 7.38. The van der Waals surface area contributed by atoms with Crippen LogP contribution in [0.5, 0.6) is 0 Å². The molecule has 0 bridgehead atoms. The molecule has 0 saturated heterocycles. The minimum Gasteiger partial charge on any atom is -0.387 e. The smallest absolute Gasteiger partial charge is 0.242 e. The van der Waals surface area contributed by atoms with Gasteiger partial charge in [0.25, 0.3) is 0 Å². The molecule has 114 valence electrons. The van der Waals surface area contributed by atoms with Gasteiger partial charge in [-0.15, -0.1) is 0 Å². The van der Waals surface area contributed by atoms with Crippen molar-refractivity contribution in [3.8, 4) is 0 Å². The lowest BCUT2D eigenvalue weighted by Gasteiger charge is -2.24. The van der Waals surface area contributed by atoms with Gasteiger partial charge in [0.15, 0.2) is 0 Å². The van der Waals surface area contributed by atoms with Gasteiger partial charge in [0, 0.05) is 18.8 Å². The zero-order valence-electron chi connectivity index (χ0n) is 12.0.